The molecule has 12 rings (SSSR count). The van der Waals surface area contributed by atoms with Crippen LogP contribution in [0.2, 0.25) is 0 Å². The van der Waals surface area contributed by atoms with E-state index in [0.717, 1.165) is 23.3 Å². The number of benzene rings is 9. The van der Waals surface area contributed by atoms with Crippen LogP contribution in [0.3, 0.4) is 0 Å². The van der Waals surface area contributed by atoms with Gasteiger partial charge in [0.15, 0.2) is 0 Å². The van der Waals surface area contributed by atoms with Gasteiger partial charge in [-0.15, -0.1) is 11.3 Å². The summed E-state index contributed by atoms with van der Waals surface area (Å²) in [4.78, 5) is 5.12. The number of rotatable bonds is 5. The van der Waals surface area contributed by atoms with Crippen molar-refractivity contribution in [1.82, 2.24) is 9.55 Å². The molecule has 0 aliphatic heterocycles. The van der Waals surface area contributed by atoms with Crippen molar-refractivity contribution < 1.29 is 0 Å². The molecule has 2 heterocycles. The number of aromatic nitrogens is 2. The molecule has 56 heavy (non-hydrogen) atoms. The standard InChI is InChI=1S/C53H34N2S/c1-2-47-54-43-26-9-10-27-44(43)55(47)45-30-29-37(51-38-22-8-11-28-46(38)56-53(45)51)42-31-41(33-15-4-3-5-16-33)50-39-24-13-19-34-20-14-25-40(48(34)39)52(50)49(42)36-23-12-18-32-17-6-7-21-35(32)36/h3-31H,2H2,1H3. The van der Waals surface area contributed by atoms with Crippen LogP contribution in [0, 0.1) is 0 Å². The molecule has 262 valence electrons. The van der Waals surface area contributed by atoms with E-state index in [2.05, 4.69) is 187 Å². The van der Waals surface area contributed by atoms with Crippen LogP contribution < -0.4 is 0 Å². The molecule has 0 bridgehead atoms. The number of fused-ring (bicyclic) bond motifs is 8. The van der Waals surface area contributed by atoms with Gasteiger partial charge in [0, 0.05) is 21.9 Å². The highest BCUT2D eigenvalue weighted by molar-refractivity contribution is 7.26. The highest BCUT2D eigenvalue weighted by Gasteiger charge is 2.32. The van der Waals surface area contributed by atoms with Crippen molar-refractivity contribution in [3.05, 3.63) is 182 Å². The minimum atomic E-state index is 0.839. The second-order valence-corrected chi connectivity index (χ2v) is 15.9. The summed E-state index contributed by atoms with van der Waals surface area (Å²) in [6.07, 6.45) is 0.839. The van der Waals surface area contributed by atoms with Crippen molar-refractivity contribution >= 4 is 64.1 Å². The Morgan fingerprint density at radius 2 is 1.14 bits per heavy atom. The van der Waals surface area contributed by atoms with Gasteiger partial charge >= 0.3 is 0 Å². The molecule has 0 atom stereocenters. The Hall–Kier alpha value is -6.81. The fraction of sp³-hybridized carbons (Fsp3) is 0.0377. The SMILES string of the molecule is CCc1nc2ccccc2n1-c1ccc(-c2cc(-c3ccccc3)c3c(c2-c2cccc4ccccc24)-c2cccc4cccc-3c24)c2c1sc1ccccc12. The van der Waals surface area contributed by atoms with E-state index in [9.17, 15) is 0 Å². The molecule has 1 aliphatic rings. The van der Waals surface area contributed by atoms with Crippen LogP contribution in [0.4, 0.5) is 0 Å². The molecule has 11 aromatic rings. The van der Waals surface area contributed by atoms with Gasteiger partial charge in [0.25, 0.3) is 0 Å². The maximum Gasteiger partial charge on any atom is 0.114 e. The van der Waals surface area contributed by atoms with Gasteiger partial charge in [-0.3, -0.25) is 4.57 Å². The van der Waals surface area contributed by atoms with Crippen molar-refractivity contribution in [2.75, 3.05) is 0 Å². The number of hydrogen-bond donors (Lipinski definition) is 0. The van der Waals surface area contributed by atoms with Gasteiger partial charge in [0.1, 0.15) is 5.82 Å². The molecular formula is C53H34N2S. The summed E-state index contributed by atoms with van der Waals surface area (Å²) in [5, 5.41) is 7.68. The van der Waals surface area contributed by atoms with Crippen LogP contribution in [-0.2, 0) is 6.42 Å². The van der Waals surface area contributed by atoms with Gasteiger partial charge in [-0.1, -0.05) is 153 Å². The van der Waals surface area contributed by atoms with Crippen molar-refractivity contribution in [3.63, 3.8) is 0 Å². The molecule has 0 saturated carbocycles. The molecule has 0 amide bonds. The van der Waals surface area contributed by atoms with Crippen LogP contribution in [0.25, 0.3) is 114 Å². The Balaban J connectivity index is 1.29. The first-order chi connectivity index (χ1) is 27.8. The molecule has 0 radical (unpaired) electrons. The van der Waals surface area contributed by atoms with E-state index in [4.69, 9.17) is 4.98 Å². The van der Waals surface area contributed by atoms with Gasteiger partial charge in [-0.2, -0.15) is 0 Å². The minimum absolute atomic E-state index is 0.839. The van der Waals surface area contributed by atoms with Crippen molar-refractivity contribution in [3.8, 4) is 61.3 Å². The Morgan fingerprint density at radius 1 is 0.482 bits per heavy atom. The fourth-order valence-electron chi connectivity index (χ4n) is 9.57. The zero-order valence-corrected chi connectivity index (χ0v) is 31.6. The predicted molar refractivity (Wildman–Crippen MR) is 239 cm³/mol. The van der Waals surface area contributed by atoms with E-state index in [1.165, 1.54) is 103 Å². The van der Waals surface area contributed by atoms with Gasteiger partial charge < -0.3 is 0 Å². The fourth-order valence-corrected chi connectivity index (χ4v) is 10.8. The topological polar surface area (TPSA) is 17.8 Å². The molecule has 0 fully saturated rings. The smallest absolute Gasteiger partial charge is 0.114 e. The van der Waals surface area contributed by atoms with Crippen molar-refractivity contribution in [2.45, 2.75) is 13.3 Å². The monoisotopic (exact) mass is 730 g/mol. The Bertz CT molecular complexity index is 3390. The van der Waals surface area contributed by atoms with E-state index < -0.39 is 0 Å². The van der Waals surface area contributed by atoms with E-state index in [1.54, 1.807) is 0 Å². The van der Waals surface area contributed by atoms with Gasteiger partial charge in [-0.05, 0) is 108 Å². The van der Waals surface area contributed by atoms with E-state index in [1.807, 2.05) is 11.3 Å². The van der Waals surface area contributed by atoms with Gasteiger partial charge in [-0.25, -0.2) is 4.98 Å². The van der Waals surface area contributed by atoms with E-state index in [0.29, 0.717) is 0 Å². The average molecular weight is 731 g/mol. The third-order valence-electron chi connectivity index (χ3n) is 11.9. The maximum atomic E-state index is 5.12. The summed E-state index contributed by atoms with van der Waals surface area (Å²) in [7, 11) is 0. The molecule has 0 spiro atoms. The second-order valence-electron chi connectivity index (χ2n) is 14.8. The van der Waals surface area contributed by atoms with Gasteiger partial charge in [0.05, 0.1) is 21.4 Å². The summed E-state index contributed by atoms with van der Waals surface area (Å²) in [6, 6.07) is 65.1. The van der Waals surface area contributed by atoms with Crippen LogP contribution in [0.1, 0.15) is 12.7 Å². The minimum Gasteiger partial charge on any atom is -0.295 e. The molecule has 0 saturated heterocycles. The van der Waals surface area contributed by atoms with Crippen LogP contribution in [0.15, 0.2) is 176 Å². The third kappa shape index (κ3) is 4.40. The van der Waals surface area contributed by atoms with Gasteiger partial charge in [0.2, 0.25) is 0 Å². The molecule has 0 unspecified atom stereocenters. The predicted octanol–water partition coefficient (Wildman–Crippen LogP) is 14.9. The number of thiophene rings is 1. The molecule has 0 N–H and O–H groups in total. The summed E-state index contributed by atoms with van der Waals surface area (Å²) in [6.45, 7) is 2.21. The Morgan fingerprint density at radius 3 is 1.98 bits per heavy atom. The second kappa shape index (κ2) is 12.1. The van der Waals surface area contributed by atoms with Crippen molar-refractivity contribution in [2.24, 2.45) is 0 Å². The summed E-state index contributed by atoms with van der Waals surface area (Å²) < 4.78 is 4.96. The highest BCUT2D eigenvalue weighted by Crippen LogP contribution is 2.59. The van der Waals surface area contributed by atoms with Crippen LogP contribution in [-0.4, -0.2) is 9.55 Å². The Labute approximate surface area is 328 Å². The van der Waals surface area contributed by atoms with Crippen molar-refractivity contribution in [1.29, 1.82) is 0 Å². The largest absolute Gasteiger partial charge is 0.295 e. The molecule has 1 aliphatic carbocycles. The quantitative estimate of drug-likeness (QED) is 0.172. The highest BCUT2D eigenvalue weighted by atomic mass is 32.1. The normalized spacial score (nSPS) is 12.1. The summed E-state index contributed by atoms with van der Waals surface area (Å²) in [5.41, 5.74) is 16.1. The number of para-hydroxylation sites is 2. The number of imidazole rings is 1. The first kappa shape index (κ1) is 31.5. The molecular weight excluding hydrogens is 697 g/mol. The zero-order valence-electron chi connectivity index (χ0n) is 30.8. The number of hydrogen-bond acceptors (Lipinski definition) is 2. The average Bonchev–Trinajstić information content (AvgIpc) is 3.94. The lowest BCUT2D eigenvalue weighted by atomic mass is 9.80. The summed E-state index contributed by atoms with van der Waals surface area (Å²) >= 11 is 1.89. The van der Waals surface area contributed by atoms with E-state index in [-0.39, 0.29) is 0 Å². The lowest BCUT2D eigenvalue weighted by molar-refractivity contribution is 0.913. The summed E-state index contributed by atoms with van der Waals surface area (Å²) in [5.74, 6) is 1.07. The third-order valence-corrected chi connectivity index (χ3v) is 13.1. The zero-order chi connectivity index (χ0) is 36.9. The lowest BCUT2D eigenvalue weighted by Gasteiger charge is -2.23. The first-order valence-electron chi connectivity index (χ1n) is 19.4. The van der Waals surface area contributed by atoms with Crippen LogP contribution >= 0.6 is 11.3 Å². The molecule has 2 nitrogen and oxygen atoms in total. The van der Waals surface area contributed by atoms with Crippen LogP contribution in [0.5, 0.6) is 0 Å². The molecule has 2 aromatic heterocycles. The van der Waals surface area contributed by atoms with E-state index >= 15 is 0 Å². The number of nitrogens with zero attached hydrogens (tertiary/aromatic N) is 2. The lowest BCUT2D eigenvalue weighted by Crippen LogP contribution is -2.01. The number of aryl methyl sites for hydroxylation is 1. The molecule has 3 heteroatoms. The maximum absolute atomic E-state index is 5.12. The molecule has 9 aromatic carbocycles. The Kier molecular flexibility index (Phi) is 6.81. The first-order valence-corrected chi connectivity index (χ1v) is 20.3.